The van der Waals surface area contributed by atoms with Crippen molar-refractivity contribution in [1.82, 2.24) is 0 Å². The SMILES string of the molecule is C=CC(=O)OC(C)Cc1ccc(CCCCCCCCCCCC)cc1. The van der Waals surface area contributed by atoms with Crippen LogP contribution < -0.4 is 0 Å². The van der Waals surface area contributed by atoms with E-state index in [1.165, 1.54) is 81.4 Å². The summed E-state index contributed by atoms with van der Waals surface area (Å²) in [6, 6.07) is 8.74. The molecule has 0 radical (unpaired) electrons. The summed E-state index contributed by atoms with van der Waals surface area (Å²) in [6.45, 7) is 7.61. The van der Waals surface area contributed by atoms with E-state index in [0.29, 0.717) is 0 Å². The average molecular weight is 359 g/mol. The zero-order valence-corrected chi connectivity index (χ0v) is 17.0. The molecular formula is C24H38O2. The molecule has 1 atom stereocenters. The van der Waals surface area contributed by atoms with Crippen LogP contribution in [-0.2, 0) is 22.4 Å². The Balaban J connectivity index is 2.09. The minimum atomic E-state index is -0.352. The number of hydrogen-bond donors (Lipinski definition) is 0. The molecule has 26 heavy (non-hydrogen) atoms. The summed E-state index contributed by atoms with van der Waals surface area (Å²) in [5, 5.41) is 0. The van der Waals surface area contributed by atoms with Crippen molar-refractivity contribution in [3.63, 3.8) is 0 Å². The molecule has 0 fully saturated rings. The van der Waals surface area contributed by atoms with E-state index in [9.17, 15) is 4.79 Å². The average Bonchev–Trinajstić information content (AvgIpc) is 2.64. The van der Waals surface area contributed by atoms with E-state index in [0.717, 1.165) is 12.8 Å². The summed E-state index contributed by atoms with van der Waals surface area (Å²) in [5.41, 5.74) is 2.62. The van der Waals surface area contributed by atoms with Crippen molar-refractivity contribution >= 4 is 5.97 Å². The lowest BCUT2D eigenvalue weighted by Crippen LogP contribution is -2.15. The second-order valence-electron chi connectivity index (χ2n) is 7.40. The predicted molar refractivity (Wildman–Crippen MR) is 111 cm³/mol. The van der Waals surface area contributed by atoms with Crippen LogP contribution in [0.2, 0.25) is 0 Å². The Morgan fingerprint density at radius 1 is 0.923 bits per heavy atom. The largest absolute Gasteiger partial charge is 0.459 e. The Hall–Kier alpha value is -1.57. The summed E-state index contributed by atoms with van der Waals surface area (Å²) in [6.07, 6.45) is 16.8. The summed E-state index contributed by atoms with van der Waals surface area (Å²) in [4.78, 5) is 11.2. The lowest BCUT2D eigenvalue weighted by atomic mass is 10.0. The monoisotopic (exact) mass is 358 g/mol. The van der Waals surface area contributed by atoms with Crippen LogP contribution in [0.5, 0.6) is 0 Å². The molecule has 0 saturated carbocycles. The Kier molecular flexibility index (Phi) is 12.6. The maximum Gasteiger partial charge on any atom is 0.330 e. The molecule has 0 aliphatic carbocycles. The van der Waals surface area contributed by atoms with E-state index < -0.39 is 0 Å². The zero-order valence-electron chi connectivity index (χ0n) is 17.0. The van der Waals surface area contributed by atoms with Crippen molar-refractivity contribution in [3.05, 3.63) is 48.0 Å². The predicted octanol–water partition coefficient (Wildman–Crippen LogP) is 6.81. The number of benzene rings is 1. The second kappa shape index (κ2) is 14.6. The van der Waals surface area contributed by atoms with Crippen molar-refractivity contribution in [3.8, 4) is 0 Å². The first kappa shape index (κ1) is 22.5. The summed E-state index contributed by atoms with van der Waals surface area (Å²) in [7, 11) is 0. The van der Waals surface area contributed by atoms with Crippen LogP contribution in [0.3, 0.4) is 0 Å². The third-order valence-corrected chi connectivity index (χ3v) is 4.85. The Labute approximate surface area is 161 Å². The van der Waals surface area contributed by atoms with Crippen LogP contribution in [0.15, 0.2) is 36.9 Å². The van der Waals surface area contributed by atoms with Gasteiger partial charge in [-0.3, -0.25) is 0 Å². The van der Waals surface area contributed by atoms with Gasteiger partial charge in [0.1, 0.15) is 6.10 Å². The molecule has 0 spiro atoms. The Morgan fingerprint density at radius 3 is 1.96 bits per heavy atom. The van der Waals surface area contributed by atoms with Gasteiger partial charge in [0.05, 0.1) is 0 Å². The van der Waals surface area contributed by atoms with Crippen molar-refractivity contribution in [2.75, 3.05) is 0 Å². The lowest BCUT2D eigenvalue weighted by molar-refractivity contribution is -0.142. The number of hydrogen-bond acceptors (Lipinski definition) is 2. The maximum absolute atomic E-state index is 11.2. The molecule has 1 unspecified atom stereocenters. The number of carbonyl (C=O) groups excluding carboxylic acids is 1. The number of rotatable bonds is 15. The number of carbonyl (C=O) groups is 1. The fraction of sp³-hybridized carbons (Fsp3) is 0.625. The van der Waals surface area contributed by atoms with Crippen LogP contribution in [0.1, 0.15) is 89.2 Å². The molecule has 0 amide bonds. The van der Waals surface area contributed by atoms with E-state index >= 15 is 0 Å². The van der Waals surface area contributed by atoms with Gasteiger partial charge < -0.3 is 4.74 Å². The summed E-state index contributed by atoms with van der Waals surface area (Å²) in [5.74, 6) is -0.352. The Morgan fingerprint density at radius 2 is 1.42 bits per heavy atom. The standard InChI is InChI=1S/C24H38O2/c1-4-6-7-8-9-10-11-12-13-14-15-22-16-18-23(19-17-22)20-21(3)26-24(25)5-2/h5,16-19,21H,2,4,6-15,20H2,1,3H3. The molecule has 146 valence electrons. The van der Waals surface area contributed by atoms with Gasteiger partial charge in [0.15, 0.2) is 0 Å². The molecule has 0 heterocycles. The van der Waals surface area contributed by atoms with Gasteiger partial charge in [-0.25, -0.2) is 4.79 Å². The smallest absolute Gasteiger partial charge is 0.330 e. The molecule has 2 nitrogen and oxygen atoms in total. The Bertz CT molecular complexity index is 489. The lowest BCUT2D eigenvalue weighted by Gasteiger charge is -2.12. The molecular weight excluding hydrogens is 320 g/mol. The minimum Gasteiger partial charge on any atom is -0.459 e. The van der Waals surface area contributed by atoms with E-state index in [1.807, 2.05) is 6.92 Å². The normalized spacial score (nSPS) is 11.9. The van der Waals surface area contributed by atoms with E-state index in [2.05, 4.69) is 37.8 Å². The van der Waals surface area contributed by atoms with E-state index in [1.54, 1.807) is 0 Å². The topological polar surface area (TPSA) is 26.3 Å². The van der Waals surface area contributed by atoms with Gasteiger partial charge in [-0.15, -0.1) is 0 Å². The van der Waals surface area contributed by atoms with Crippen LogP contribution in [-0.4, -0.2) is 12.1 Å². The zero-order chi connectivity index (χ0) is 19.0. The third-order valence-electron chi connectivity index (χ3n) is 4.85. The highest BCUT2D eigenvalue weighted by Gasteiger charge is 2.07. The highest BCUT2D eigenvalue weighted by molar-refractivity contribution is 5.81. The first-order chi connectivity index (χ1) is 12.7. The van der Waals surface area contributed by atoms with E-state index in [4.69, 9.17) is 4.74 Å². The van der Waals surface area contributed by atoms with Gasteiger partial charge in [0.25, 0.3) is 0 Å². The number of unbranched alkanes of at least 4 members (excludes halogenated alkanes) is 9. The third kappa shape index (κ3) is 11.1. The number of aryl methyl sites for hydroxylation is 1. The van der Waals surface area contributed by atoms with Crippen molar-refractivity contribution in [1.29, 1.82) is 0 Å². The van der Waals surface area contributed by atoms with E-state index in [-0.39, 0.29) is 12.1 Å². The van der Waals surface area contributed by atoms with Crippen molar-refractivity contribution in [2.24, 2.45) is 0 Å². The fourth-order valence-corrected chi connectivity index (χ4v) is 3.28. The van der Waals surface area contributed by atoms with Gasteiger partial charge in [0.2, 0.25) is 0 Å². The van der Waals surface area contributed by atoms with Crippen LogP contribution in [0, 0.1) is 0 Å². The molecule has 0 bridgehead atoms. The molecule has 1 aromatic rings. The van der Waals surface area contributed by atoms with Crippen LogP contribution in [0.4, 0.5) is 0 Å². The van der Waals surface area contributed by atoms with Crippen molar-refractivity contribution < 1.29 is 9.53 Å². The van der Waals surface area contributed by atoms with Crippen LogP contribution >= 0.6 is 0 Å². The summed E-state index contributed by atoms with van der Waals surface area (Å²) >= 11 is 0. The fourth-order valence-electron chi connectivity index (χ4n) is 3.28. The molecule has 0 aromatic heterocycles. The highest BCUT2D eigenvalue weighted by Crippen LogP contribution is 2.14. The number of ether oxygens (including phenoxy) is 1. The minimum absolute atomic E-state index is 0.117. The van der Waals surface area contributed by atoms with Gasteiger partial charge in [-0.1, -0.05) is 95.6 Å². The molecule has 0 aliphatic heterocycles. The molecule has 0 saturated heterocycles. The molecule has 0 aliphatic rings. The number of esters is 1. The van der Waals surface area contributed by atoms with Gasteiger partial charge in [-0.05, 0) is 30.9 Å². The summed E-state index contributed by atoms with van der Waals surface area (Å²) < 4.78 is 5.22. The first-order valence-electron chi connectivity index (χ1n) is 10.6. The van der Waals surface area contributed by atoms with Gasteiger partial charge in [0, 0.05) is 12.5 Å². The maximum atomic E-state index is 11.2. The molecule has 1 aromatic carbocycles. The first-order valence-corrected chi connectivity index (χ1v) is 10.6. The molecule has 0 N–H and O–H groups in total. The van der Waals surface area contributed by atoms with Gasteiger partial charge in [-0.2, -0.15) is 0 Å². The quantitative estimate of drug-likeness (QED) is 0.195. The molecule has 2 heteroatoms. The highest BCUT2D eigenvalue weighted by atomic mass is 16.5. The second-order valence-corrected chi connectivity index (χ2v) is 7.40. The molecule has 1 rings (SSSR count). The van der Waals surface area contributed by atoms with Crippen LogP contribution in [0.25, 0.3) is 0 Å². The van der Waals surface area contributed by atoms with Crippen molar-refractivity contribution in [2.45, 2.75) is 97.0 Å². The van der Waals surface area contributed by atoms with Gasteiger partial charge >= 0.3 is 5.97 Å².